The van der Waals surface area contributed by atoms with E-state index in [1.807, 2.05) is 36.4 Å². The third kappa shape index (κ3) is 3.57. The maximum absolute atomic E-state index is 12.8. The molecule has 0 radical (unpaired) electrons. The molecule has 7 heteroatoms. The van der Waals surface area contributed by atoms with Crippen molar-refractivity contribution in [3.05, 3.63) is 77.6 Å². The monoisotopic (exact) mass is 380 g/mol. The first kappa shape index (κ1) is 17.3. The summed E-state index contributed by atoms with van der Waals surface area (Å²) in [5.74, 6) is -0.330. The lowest BCUT2D eigenvalue weighted by Crippen LogP contribution is -2.52. The van der Waals surface area contributed by atoms with E-state index < -0.39 is 0 Å². The van der Waals surface area contributed by atoms with Gasteiger partial charge in [-0.05, 0) is 30.3 Å². The number of benzene rings is 2. The molecule has 27 heavy (non-hydrogen) atoms. The van der Waals surface area contributed by atoms with Crippen LogP contribution in [0.15, 0.2) is 67.0 Å². The fraction of sp³-hybridized carbons (Fsp3) is 0.150. The zero-order valence-electron chi connectivity index (χ0n) is 14.5. The van der Waals surface area contributed by atoms with Crippen molar-refractivity contribution < 1.29 is 9.59 Å². The van der Waals surface area contributed by atoms with Crippen molar-refractivity contribution in [1.82, 2.24) is 14.7 Å². The third-order valence-electron chi connectivity index (χ3n) is 4.48. The number of para-hydroxylation sites is 1. The van der Waals surface area contributed by atoms with Crippen molar-refractivity contribution in [2.45, 2.75) is 0 Å². The zero-order valence-corrected chi connectivity index (χ0v) is 15.2. The molecule has 0 atom stereocenters. The van der Waals surface area contributed by atoms with Gasteiger partial charge in [0.15, 0.2) is 0 Å². The number of halogens is 1. The topological polar surface area (TPSA) is 58.4 Å². The fourth-order valence-electron chi connectivity index (χ4n) is 3.10. The Morgan fingerprint density at radius 3 is 2.52 bits per heavy atom. The predicted octanol–water partition coefficient (Wildman–Crippen LogP) is 3.01. The highest BCUT2D eigenvalue weighted by atomic mass is 35.5. The summed E-state index contributed by atoms with van der Waals surface area (Å²) >= 11 is 6.01. The van der Waals surface area contributed by atoms with Crippen LogP contribution in [-0.4, -0.2) is 46.1 Å². The molecule has 0 saturated carbocycles. The molecular weight excluding hydrogens is 364 g/mol. The molecule has 1 aliphatic rings. The minimum atomic E-state index is -0.198. The van der Waals surface area contributed by atoms with Crippen LogP contribution in [-0.2, 0) is 4.79 Å². The zero-order chi connectivity index (χ0) is 18.8. The summed E-state index contributed by atoms with van der Waals surface area (Å²) in [5.41, 5.74) is 2.08. The summed E-state index contributed by atoms with van der Waals surface area (Å²) in [6, 6.07) is 16.7. The highest BCUT2D eigenvalue weighted by molar-refractivity contribution is 6.30. The molecule has 0 unspecified atom stereocenters. The number of nitrogens with zero attached hydrogens (tertiary/aromatic N) is 4. The number of aromatic nitrogens is 2. The van der Waals surface area contributed by atoms with E-state index in [-0.39, 0.29) is 18.4 Å². The second-order valence-electron chi connectivity index (χ2n) is 6.26. The van der Waals surface area contributed by atoms with Gasteiger partial charge in [0.05, 0.1) is 17.4 Å². The van der Waals surface area contributed by atoms with Crippen LogP contribution in [0.2, 0.25) is 5.02 Å². The molecular formula is C20H17ClN4O2. The van der Waals surface area contributed by atoms with Gasteiger partial charge in [-0.25, -0.2) is 4.68 Å². The fourth-order valence-corrected chi connectivity index (χ4v) is 3.29. The summed E-state index contributed by atoms with van der Waals surface area (Å²) in [6.07, 6.45) is 3.22. The molecule has 1 aromatic heterocycles. The summed E-state index contributed by atoms with van der Waals surface area (Å²) < 4.78 is 1.65. The average molecular weight is 381 g/mol. The molecule has 2 aromatic carbocycles. The first-order chi connectivity index (χ1) is 13.1. The van der Waals surface area contributed by atoms with Crippen molar-refractivity contribution in [2.75, 3.05) is 24.5 Å². The van der Waals surface area contributed by atoms with Gasteiger partial charge in [0.25, 0.3) is 5.91 Å². The maximum Gasteiger partial charge on any atom is 0.257 e. The molecule has 2 heterocycles. The van der Waals surface area contributed by atoms with Crippen molar-refractivity contribution in [1.29, 1.82) is 0 Å². The quantitative estimate of drug-likeness (QED) is 0.701. The van der Waals surface area contributed by atoms with Crippen LogP contribution in [0.3, 0.4) is 0 Å². The van der Waals surface area contributed by atoms with Gasteiger partial charge >= 0.3 is 0 Å². The molecule has 1 saturated heterocycles. The first-order valence-electron chi connectivity index (χ1n) is 8.57. The lowest BCUT2D eigenvalue weighted by atomic mass is 10.2. The van der Waals surface area contributed by atoms with E-state index in [2.05, 4.69) is 5.10 Å². The van der Waals surface area contributed by atoms with Crippen LogP contribution in [0.4, 0.5) is 5.69 Å². The number of hydrogen-bond donors (Lipinski definition) is 0. The van der Waals surface area contributed by atoms with Crippen LogP contribution in [0, 0.1) is 0 Å². The largest absolute Gasteiger partial charge is 0.327 e. The number of carbonyl (C=O) groups excluding carboxylic acids is 2. The summed E-state index contributed by atoms with van der Waals surface area (Å²) in [6.45, 7) is 0.910. The van der Waals surface area contributed by atoms with E-state index >= 15 is 0 Å². The normalized spacial score (nSPS) is 14.5. The molecule has 0 spiro atoms. The van der Waals surface area contributed by atoms with Gasteiger partial charge in [-0.3, -0.25) is 9.59 Å². The summed E-state index contributed by atoms with van der Waals surface area (Å²) in [7, 11) is 0. The van der Waals surface area contributed by atoms with Crippen molar-refractivity contribution in [3.8, 4) is 5.69 Å². The summed E-state index contributed by atoms with van der Waals surface area (Å²) in [5, 5.41) is 4.83. The predicted molar refractivity (Wildman–Crippen MR) is 103 cm³/mol. The van der Waals surface area contributed by atoms with Gasteiger partial charge in [-0.1, -0.05) is 35.9 Å². The minimum absolute atomic E-state index is 0.0296. The molecule has 2 amide bonds. The van der Waals surface area contributed by atoms with Crippen LogP contribution in [0.25, 0.3) is 5.69 Å². The number of rotatable bonds is 3. The van der Waals surface area contributed by atoms with Crippen molar-refractivity contribution >= 4 is 29.1 Å². The van der Waals surface area contributed by atoms with Crippen molar-refractivity contribution in [2.24, 2.45) is 0 Å². The molecule has 0 bridgehead atoms. The Hall–Kier alpha value is -3.12. The molecule has 0 aliphatic carbocycles. The lowest BCUT2D eigenvalue weighted by molar-refractivity contribution is -0.120. The Labute approximate surface area is 161 Å². The second-order valence-corrected chi connectivity index (χ2v) is 6.70. The number of hydrogen-bond acceptors (Lipinski definition) is 3. The molecule has 0 N–H and O–H groups in total. The molecule has 3 aromatic rings. The van der Waals surface area contributed by atoms with E-state index in [9.17, 15) is 9.59 Å². The second kappa shape index (κ2) is 7.25. The Balaban J connectivity index is 1.47. The van der Waals surface area contributed by atoms with Crippen LogP contribution in [0.1, 0.15) is 10.4 Å². The molecule has 4 rings (SSSR count). The Bertz CT molecular complexity index is 986. The Morgan fingerprint density at radius 2 is 1.78 bits per heavy atom. The number of piperazine rings is 1. The first-order valence-corrected chi connectivity index (χ1v) is 8.95. The van der Waals surface area contributed by atoms with Gasteiger partial charge in [-0.2, -0.15) is 5.10 Å². The number of amides is 2. The van der Waals surface area contributed by atoms with Gasteiger partial charge in [0.1, 0.15) is 6.54 Å². The molecule has 6 nitrogen and oxygen atoms in total. The van der Waals surface area contributed by atoms with Gasteiger partial charge in [0, 0.05) is 30.0 Å². The van der Waals surface area contributed by atoms with Gasteiger partial charge < -0.3 is 9.80 Å². The molecule has 136 valence electrons. The Kier molecular flexibility index (Phi) is 4.64. The Morgan fingerprint density at radius 1 is 1.00 bits per heavy atom. The highest BCUT2D eigenvalue weighted by Crippen LogP contribution is 2.22. The average Bonchev–Trinajstić information content (AvgIpc) is 3.18. The van der Waals surface area contributed by atoms with E-state index in [4.69, 9.17) is 11.6 Å². The van der Waals surface area contributed by atoms with E-state index in [1.165, 1.54) is 6.20 Å². The third-order valence-corrected chi connectivity index (χ3v) is 4.71. The van der Waals surface area contributed by atoms with Crippen LogP contribution in [0.5, 0.6) is 0 Å². The van der Waals surface area contributed by atoms with Gasteiger partial charge in [0.2, 0.25) is 5.91 Å². The van der Waals surface area contributed by atoms with Crippen molar-refractivity contribution in [3.63, 3.8) is 0 Å². The SMILES string of the molecule is O=C(c1cnn(-c2ccccc2)c1)N1CCN(c2cccc(Cl)c2)C(=O)C1. The van der Waals surface area contributed by atoms with E-state index in [0.29, 0.717) is 23.7 Å². The minimum Gasteiger partial charge on any atom is -0.327 e. The lowest BCUT2D eigenvalue weighted by Gasteiger charge is -2.34. The smallest absolute Gasteiger partial charge is 0.257 e. The van der Waals surface area contributed by atoms with Crippen LogP contribution < -0.4 is 4.90 Å². The highest BCUT2D eigenvalue weighted by Gasteiger charge is 2.29. The number of anilines is 1. The summed E-state index contributed by atoms with van der Waals surface area (Å²) in [4.78, 5) is 28.5. The van der Waals surface area contributed by atoms with Crippen LogP contribution >= 0.6 is 11.6 Å². The van der Waals surface area contributed by atoms with Gasteiger partial charge in [-0.15, -0.1) is 0 Å². The number of carbonyl (C=O) groups is 2. The van der Waals surface area contributed by atoms with E-state index in [0.717, 1.165) is 11.4 Å². The standard InChI is InChI=1S/C20H17ClN4O2/c21-16-5-4-8-18(11-16)24-10-9-23(14-19(24)26)20(27)15-12-22-25(13-15)17-6-2-1-3-7-17/h1-8,11-13H,9-10,14H2. The molecule has 1 aliphatic heterocycles. The van der Waals surface area contributed by atoms with E-state index in [1.54, 1.807) is 38.9 Å². The maximum atomic E-state index is 12.8. The molecule has 1 fully saturated rings.